The number of nitrogens with zero attached hydrogens (tertiary/aromatic N) is 1. The van der Waals surface area contributed by atoms with Crippen LogP contribution in [0.4, 0.5) is 10.2 Å². The van der Waals surface area contributed by atoms with Crippen LogP contribution in [0.5, 0.6) is 0 Å². The largest absolute Gasteiger partial charge is 0.342 e. The van der Waals surface area contributed by atoms with Crippen LogP contribution in [0.3, 0.4) is 0 Å². The Morgan fingerprint density at radius 1 is 1.15 bits per heavy atom. The molecule has 0 spiro atoms. The Labute approximate surface area is 158 Å². The van der Waals surface area contributed by atoms with Crippen molar-refractivity contribution in [3.63, 3.8) is 0 Å². The number of ketones is 1. The summed E-state index contributed by atoms with van der Waals surface area (Å²) in [6.07, 6.45) is 3.44. The molecule has 0 radical (unpaired) electrons. The molecule has 0 amide bonds. The van der Waals surface area contributed by atoms with Gasteiger partial charge in [0.1, 0.15) is 5.82 Å². The molecular formula is C22H24FN3O. The number of hydrogen-bond donors (Lipinski definition) is 2. The number of allylic oxidation sites excluding steroid dienone is 2. The number of anilines is 1. The van der Waals surface area contributed by atoms with Crippen LogP contribution in [0, 0.1) is 11.2 Å². The molecule has 2 heterocycles. The second kappa shape index (κ2) is 5.31. The Morgan fingerprint density at radius 2 is 1.89 bits per heavy atom. The molecule has 27 heavy (non-hydrogen) atoms. The molecule has 1 fully saturated rings. The molecule has 4 nitrogen and oxygen atoms in total. The van der Waals surface area contributed by atoms with E-state index in [9.17, 15) is 4.79 Å². The molecule has 2 N–H and O–H groups in total. The number of H-pyrrole nitrogens is 1. The third-order valence-electron chi connectivity index (χ3n) is 6.34. The van der Waals surface area contributed by atoms with Crippen molar-refractivity contribution < 1.29 is 9.18 Å². The topological polar surface area (TPSA) is 57.8 Å². The summed E-state index contributed by atoms with van der Waals surface area (Å²) in [5, 5.41) is 11.1. The van der Waals surface area contributed by atoms with Gasteiger partial charge in [0.25, 0.3) is 0 Å². The van der Waals surface area contributed by atoms with Gasteiger partial charge in [0.2, 0.25) is 0 Å². The zero-order chi connectivity index (χ0) is 19.0. The number of benzene rings is 1. The summed E-state index contributed by atoms with van der Waals surface area (Å²) < 4.78 is 15.0. The predicted molar refractivity (Wildman–Crippen MR) is 102 cm³/mol. The standard InChI is InChI=1S/C22H24FN3O/c1-21(2)10-15-17(16(27)11-21)22(3,13-6-4-5-7-14(13)23)18-19(12-8-9-12)25-26-20(18)24-15/h4-7,12H,8-11H2,1-3H3,(H2,24,25,26). The summed E-state index contributed by atoms with van der Waals surface area (Å²) in [5.41, 5.74) is 3.20. The summed E-state index contributed by atoms with van der Waals surface area (Å²) in [6, 6.07) is 6.84. The van der Waals surface area contributed by atoms with Gasteiger partial charge in [0, 0.05) is 40.4 Å². The van der Waals surface area contributed by atoms with Crippen LogP contribution in [-0.2, 0) is 10.2 Å². The van der Waals surface area contributed by atoms with Gasteiger partial charge in [-0.15, -0.1) is 0 Å². The van der Waals surface area contributed by atoms with E-state index in [-0.39, 0.29) is 17.0 Å². The van der Waals surface area contributed by atoms with Gasteiger partial charge in [-0.1, -0.05) is 32.0 Å². The zero-order valence-corrected chi connectivity index (χ0v) is 15.9. The molecule has 1 saturated carbocycles. The monoisotopic (exact) mass is 365 g/mol. The highest BCUT2D eigenvalue weighted by atomic mass is 19.1. The average molecular weight is 365 g/mol. The highest BCUT2D eigenvalue weighted by Gasteiger charge is 2.51. The maximum absolute atomic E-state index is 15.0. The van der Waals surface area contributed by atoms with Crippen molar-refractivity contribution in [3.8, 4) is 0 Å². The number of hydrogen-bond acceptors (Lipinski definition) is 3. The molecule has 2 aromatic rings. The Hall–Kier alpha value is -2.43. The first-order chi connectivity index (χ1) is 12.8. The van der Waals surface area contributed by atoms with Crippen LogP contribution in [0.1, 0.15) is 69.2 Å². The van der Waals surface area contributed by atoms with E-state index in [1.807, 2.05) is 19.1 Å². The zero-order valence-electron chi connectivity index (χ0n) is 15.9. The maximum atomic E-state index is 15.0. The van der Waals surface area contributed by atoms with Crippen LogP contribution in [0.25, 0.3) is 0 Å². The van der Waals surface area contributed by atoms with Gasteiger partial charge in [-0.25, -0.2) is 4.39 Å². The van der Waals surface area contributed by atoms with E-state index in [4.69, 9.17) is 0 Å². The number of aromatic nitrogens is 2. The fourth-order valence-corrected chi connectivity index (χ4v) is 5.03. The second-order valence-electron chi connectivity index (χ2n) is 9.16. The number of fused-ring (bicyclic) bond motifs is 1. The first-order valence-electron chi connectivity index (χ1n) is 9.69. The molecule has 0 saturated heterocycles. The molecule has 1 aliphatic heterocycles. The summed E-state index contributed by atoms with van der Waals surface area (Å²) in [7, 11) is 0. The summed E-state index contributed by atoms with van der Waals surface area (Å²) in [5.74, 6) is 0.992. The van der Waals surface area contributed by atoms with Crippen molar-refractivity contribution in [1.29, 1.82) is 0 Å². The molecule has 5 rings (SSSR count). The van der Waals surface area contributed by atoms with E-state index in [1.54, 1.807) is 6.07 Å². The lowest BCUT2D eigenvalue weighted by atomic mass is 9.61. The van der Waals surface area contributed by atoms with E-state index in [2.05, 4.69) is 29.4 Å². The number of halogens is 1. The Bertz CT molecular complexity index is 999. The Balaban J connectivity index is 1.82. The SMILES string of the molecule is CC1(C)CC(=O)C2=C(C1)Nc1n[nH]c(C3CC3)c1C2(C)c1ccccc1F. The Morgan fingerprint density at radius 3 is 2.59 bits per heavy atom. The molecule has 1 aromatic carbocycles. The lowest BCUT2D eigenvalue weighted by molar-refractivity contribution is -0.118. The molecule has 1 unspecified atom stereocenters. The minimum absolute atomic E-state index is 0.105. The van der Waals surface area contributed by atoms with Gasteiger partial charge in [0.15, 0.2) is 11.6 Å². The number of aromatic amines is 1. The molecule has 0 bridgehead atoms. The number of carbonyl (C=O) groups is 1. The third kappa shape index (κ3) is 2.33. The van der Waals surface area contributed by atoms with Gasteiger partial charge >= 0.3 is 0 Å². The van der Waals surface area contributed by atoms with E-state index in [0.29, 0.717) is 23.5 Å². The average Bonchev–Trinajstić information content (AvgIpc) is 3.33. The van der Waals surface area contributed by atoms with Crippen molar-refractivity contribution in [2.24, 2.45) is 5.41 Å². The first kappa shape index (κ1) is 16.7. The highest BCUT2D eigenvalue weighted by molar-refractivity contribution is 6.03. The maximum Gasteiger partial charge on any atom is 0.162 e. The Kier molecular flexibility index (Phi) is 3.29. The minimum atomic E-state index is -0.834. The smallest absolute Gasteiger partial charge is 0.162 e. The van der Waals surface area contributed by atoms with Crippen molar-refractivity contribution in [2.75, 3.05) is 5.32 Å². The summed E-state index contributed by atoms with van der Waals surface area (Å²) in [4.78, 5) is 13.3. The normalized spacial score (nSPS) is 26.4. The molecular weight excluding hydrogens is 341 g/mol. The number of carbonyl (C=O) groups excluding carboxylic acids is 1. The fraction of sp³-hybridized carbons (Fsp3) is 0.455. The van der Waals surface area contributed by atoms with Crippen LogP contribution < -0.4 is 5.32 Å². The number of rotatable bonds is 2. The van der Waals surface area contributed by atoms with E-state index < -0.39 is 5.41 Å². The fourth-order valence-electron chi connectivity index (χ4n) is 5.03. The van der Waals surface area contributed by atoms with Gasteiger partial charge in [-0.2, -0.15) is 5.10 Å². The first-order valence-corrected chi connectivity index (χ1v) is 9.69. The quantitative estimate of drug-likeness (QED) is 0.804. The molecule has 5 heteroatoms. The van der Waals surface area contributed by atoms with Gasteiger partial charge in [0.05, 0.1) is 5.41 Å². The van der Waals surface area contributed by atoms with Crippen LogP contribution in [0.15, 0.2) is 35.5 Å². The molecule has 140 valence electrons. The molecule has 1 aromatic heterocycles. The lowest BCUT2D eigenvalue weighted by Crippen LogP contribution is -2.42. The van der Waals surface area contributed by atoms with E-state index >= 15 is 4.39 Å². The molecule has 3 aliphatic rings. The van der Waals surface area contributed by atoms with Gasteiger partial charge in [-0.3, -0.25) is 9.89 Å². The minimum Gasteiger partial charge on any atom is -0.342 e. The van der Waals surface area contributed by atoms with Crippen molar-refractivity contribution in [1.82, 2.24) is 10.2 Å². The van der Waals surface area contributed by atoms with E-state index in [0.717, 1.165) is 42.0 Å². The van der Waals surface area contributed by atoms with Crippen molar-refractivity contribution >= 4 is 11.6 Å². The van der Waals surface area contributed by atoms with E-state index in [1.165, 1.54) is 6.07 Å². The summed E-state index contributed by atoms with van der Waals surface area (Å²) >= 11 is 0. The van der Waals surface area contributed by atoms with Crippen LogP contribution in [-0.4, -0.2) is 16.0 Å². The highest BCUT2D eigenvalue weighted by Crippen LogP contribution is 2.56. The summed E-state index contributed by atoms with van der Waals surface area (Å²) in [6.45, 7) is 6.21. The van der Waals surface area contributed by atoms with Crippen molar-refractivity contribution in [3.05, 3.63) is 58.2 Å². The lowest BCUT2D eigenvalue weighted by Gasteiger charge is -2.44. The third-order valence-corrected chi connectivity index (χ3v) is 6.34. The van der Waals surface area contributed by atoms with Gasteiger partial charge in [-0.05, 0) is 37.7 Å². The number of Topliss-reactive ketones (excluding diaryl/α,β-unsaturated/α-hetero) is 1. The van der Waals surface area contributed by atoms with Crippen molar-refractivity contribution in [2.45, 2.75) is 57.8 Å². The van der Waals surface area contributed by atoms with Gasteiger partial charge < -0.3 is 5.32 Å². The number of nitrogens with one attached hydrogen (secondary N) is 2. The predicted octanol–water partition coefficient (Wildman–Crippen LogP) is 4.80. The van der Waals surface area contributed by atoms with Crippen LogP contribution in [0.2, 0.25) is 0 Å². The molecule has 2 aliphatic carbocycles. The molecule has 1 atom stereocenters. The second-order valence-corrected chi connectivity index (χ2v) is 9.16. The van der Waals surface area contributed by atoms with Crippen LogP contribution >= 0.6 is 0 Å².